The molecule has 0 aliphatic carbocycles. The summed E-state index contributed by atoms with van der Waals surface area (Å²) in [5, 5.41) is 9.74. The van der Waals surface area contributed by atoms with Crippen molar-refractivity contribution in [2.24, 2.45) is 0 Å². The van der Waals surface area contributed by atoms with Gasteiger partial charge in [0.15, 0.2) is 0 Å². The number of allylic oxidation sites excluding steroid dienone is 4. The second kappa shape index (κ2) is 6.98. The lowest BCUT2D eigenvalue weighted by molar-refractivity contribution is 0.425. The van der Waals surface area contributed by atoms with Crippen LogP contribution in [0, 0.1) is 6.92 Å². The van der Waals surface area contributed by atoms with Gasteiger partial charge in [0.1, 0.15) is 11.5 Å². The highest BCUT2D eigenvalue weighted by molar-refractivity contribution is 5.31. The molecule has 19 heavy (non-hydrogen) atoms. The van der Waals surface area contributed by atoms with Crippen LogP contribution in [0.3, 0.4) is 0 Å². The first-order chi connectivity index (χ1) is 8.90. The first-order valence-corrected chi connectivity index (χ1v) is 6.51. The summed E-state index contributed by atoms with van der Waals surface area (Å²) in [6, 6.07) is 1.48. The molecule has 0 aromatic carbocycles. The van der Waals surface area contributed by atoms with Gasteiger partial charge in [-0.3, -0.25) is 0 Å². The van der Waals surface area contributed by atoms with Crippen LogP contribution >= 0.6 is 0 Å². The van der Waals surface area contributed by atoms with Gasteiger partial charge in [0.05, 0.1) is 5.56 Å². The Kier molecular flexibility index (Phi) is 5.61. The molecule has 1 rings (SSSR count). The average Bonchev–Trinajstić information content (AvgIpc) is 2.26. The molecule has 1 aromatic heterocycles. The van der Waals surface area contributed by atoms with Crippen molar-refractivity contribution in [3.63, 3.8) is 0 Å². The number of aromatic hydroxyl groups is 1. The van der Waals surface area contributed by atoms with E-state index >= 15 is 0 Å². The Bertz CT molecular complexity index is 544. The van der Waals surface area contributed by atoms with Gasteiger partial charge in [0.25, 0.3) is 0 Å². The summed E-state index contributed by atoms with van der Waals surface area (Å²) in [7, 11) is 0. The summed E-state index contributed by atoms with van der Waals surface area (Å²) < 4.78 is 4.98. The Balaban J connectivity index is 2.71. The second-order valence-corrected chi connectivity index (χ2v) is 5.08. The molecule has 0 aliphatic heterocycles. The summed E-state index contributed by atoms with van der Waals surface area (Å²) in [6.07, 6.45) is 6.53. The Morgan fingerprint density at radius 1 is 1.32 bits per heavy atom. The van der Waals surface area contributed by atoms with Gasteiger partial charge < -0.3 is 9.52 Å². The average molecular weight is 262 g/mol. The van der Waals surface area contributed by atoms with E-state index in [0.717, 1.165) is 12.8 Å². The summed E-state index contributed by atoms with van der Waals surface area (Å²) in [5.74, 6) is 0.442. The summed E-state index contributed by atoms with van der Waals surface area (Å²) in [5.41, 5.74) is 2.39. The number of hydrogen-bond donors (Lipinski definition) is 1. The molecule has 0 amide bonds. The third kappa shape index (κ3) is 5.16. The number of rotatable bonds is 5. The predicted octanol–water partition coefficient (Wildman–Crippen LogP) is 3.89. The van der Waals surface area contributed by atoms with Crippen LogP contribution in [0.2, 0.25) is 0 Å². The zero-order valence-corrected chi connectivity index (χ0v) is 12.1. The molecular formula is C16H22O3. The zero-order chi connectivity index (χ0) is 14.4. The fourth-order valence-corrected chi connectivity index (χ4v) is 1.78. The lowest BCUT2D eigenvalue weighted by Gasteiger charge is -2.02. The zero-order valence-electron chi connectivity index (χ0n) is 12.1. The molecule has 3 nitrogen and oxygen atoms in total. The van der Waals surface area contributed by atoms with Crippen molar-refractivity contribution in [3.05, 3.63) is 51.1 Å². The first-order valence-electron chi connectivity index (χ1n) is 6.51. The van der Waals surface area contributed by atoms with E-state index < -0.39 is 5.63 Å². The number of aryl methyl sites for hydroxylation is 1. The van der Waals surface area contributed by atoms with Crippen LogP contribution in [0.4, 0.5) is 0 Å². The first kappa shape index (κ1) is 15.3. The van der Waals surface area contributed by atoms with Crippen molar-refractivity contribution >= 4 is 0 Å². The molecule has 0 fully saturated rings. The van der Waals surface area contributed by atoms with Crippen molar-refractivity contribution in [2.75, 3.05) is 0 Å². The molecule has 1 aromatic rings. The van der Waals surface area contributed by atoms with E-state index in [0.29, 0.717) is 17.7 Å². The molecule has 3 heteroatoms. The lowest BCUT2D eigenvalue weighted by Crippen LogP contribution is -2.07. The molecule has 0 radical (unpaired) electrons. The van der Waals surface area contributed by atoms with Crippen LogP contribution in [0.15, 0.2) is 38.6 Å². The third-order valence-corrected chi connectivity index (χ3v) is 2.90. The molecule has 1 heterocycles. The predicted molar refractivity (Wildman–Crippen MR) is 77.5 cm³/mol. The number of hydrogen-bond acceptors (Lipinski definition) is 3. The van der Waals surface area contributed by atoms with Gasteiger partial charge in [-0.05, 0) is 40.5 Å². The molecule has 0 saturated carbocycles. The molecular weight excluding hydrogens is 240 g/mol. The Morgan fingerprint density at radius 3 is 2.58 bits per heavy atom. The van der Waals surface area contributed by atoms with E-state index in [1.807, 2.05) is 13.0 Å². The second-order valence-electron chi connectivity index (χ2n) is 5.08. The van der Waals surface area contributed by atoms with Crippen molar-refractivity contribution in [1.29, 1.82) is 0 Å². The van der Waals surface area contributed by atoms with Crippen LogP contribution in [0.5, 0.6) is 5.75 Å². The molecule has 104 valence electrons. The maximum atomic E-state index is 11.6. The quantitative estimate of drug-likeness (QED) is 0.819. The van der Waals surface area contributed by atoms with E-state index in [-0.39, 0.29) is 5.75 Å². The van der Waals surface area contributed by atoms with Gasteiger partial charge in [-0.2, -0.15) is 0 Å². The smallest absolute Gasteiger partial charge is 0.343 e. The van der Waals surface area contributed by atoms with Crippen LogP contribution < -0.4 is 5.63 Å². The summed E-state index contributed by atoms with van der Waals surface area (Å²) in [4.78, 5) is 11.6. The van der Waals surface area contributed by atoms with Gasteiger partial charge in [-0.15, -0.1) is 0 Å². The van der Waals surface area contributed by atoms with Gasteiger partial charge in [-0.25, -0.2) is 4.79 Å². The van der Waals surface area contributed by atoms with Crippen molar-refractivity contribution in [2.45, 2.75) is 47.0 Å². The highest BCUT2D eigenvalue weighted by atomic mass is 16.4. The van der Waals surface area contributed by atoms with Gasteiger partial charge in [0.2, 0.25) is 0 Å². The maximum absolute atomic E-state index is 11.6. The van der Waals surface area contributed by atoms with E-state index in [4.69, 9.17) is 4.42 Å². The van der Waals surface area contributed by atoms with Crippen LogP contribution in [-0.4, -0.2) is 5.11 Å². The topological polar surface area (TPSA) is 50.4 Å². The van der Waals surface area contributed by atoms with Crippen LogP contribution in [0.1, 0.15) is 44.9 Å². The Hall–Kier alpha value is -1.77. The van der Waals surface area contributed by atoms with Crippen molar-refractivity contribution in [1.82, 2.24) is 0 Å². The molecule has 0 bridgehead atoms. The normalized spacial score (nSPS) is 11.5. The maximum Gasteiger partial charge on any atom is 0.343 e. The fraction of sp³-hybridized carbons (Fsp3) is 0.438. The van der Waals surface area contributed by atoms with Gasteiger partial charge in [-0.1, -0.05) is 23.3 Å². The van der Waals surface area contributed by atoms with Crippen LogP contribution in [0.25, 0.3) is 0 Å². The van der Waals surface area contributed by atoms with Gasteiger partial charge >= 0.3 is 5.63 Å². The molecule has 0 spiro atoms. The molecule has 0 unspecified atom stereocenters. The minimum atomic E-state index is -0.453. The monoisotopic (exact) mass is 262 g/mol. The summed E-state index contributed by atoms with van der Waals surface area (Å²) >= 11 is 0. The third-order valence-electron chi connectivity index (χ3n) is 2.90. The Morgan fingerprint density at radius 2 is 2.00 bits per heavy atom. The van der Waals surface area contributed by atoms with Gasteiger partial charge in [0, 0.05) is 12.5 Å². The van der Waals surface area contributed by atoms with E-state index in [2.05, 4.69) is 19.9 Å². The SMILES string of the molecule is CC(C)=CCCC(C)=CCc1c(O)cc(C)oc1=O. The van der Waals surface area contributed by atoms with Crippen LogP contribution in [-0.2, 0) is 6.42 Å². The highest BCUT2D eigenvalue weighted by Crippen LogP contribution is 2.16. The lowest BCUT2D eigenvalue weighted by atomic mass is 10.1. The van der Waals surface area contributed by atoms with E-state index in [9.17, 15) is 9.90 Å². The fourth-order valence-electron chi connectivity index (χ4n) is 1.78. The van der Waals surface area contributed by atoms with E-state index in [1.165, 1.54) is 17.2 Å². The summed E-state index contributed by atoms with van der Waals surface area (Å²) in [6.45, 7) is 7.83. The highest BCUT2D eigenvalue weighted by Gasteiger charge is 2.07. The largest absolute Gasteiger partial charge is 0.507 e. The van der Waals surface area contributed by atoms with Crippen molar-refractivity contribution in [3.8, 4) is 5.75 Å². The van der Waals surface area contributed by atoms with Crippen molar-refractivity contribution < 1.29 is 9.52 Å². The minimum Gasteiger partial charge on any atom is -0.507 e. The molecule has 1 N–H and O–H groups in total. The molecule has 0 saturated heterocycles. The minimum absolute atomic E-state index is 0.0158. The standard InChI is InChI=1S/C16H22O3/c1-11(2)6-5-7-12(3)8-9-14-15(17)10-13(4)19-16(14)18/h6,8,10,17H,5,7,9H2,1-4H3. The Labute approximate surface area is 114 Å². The molecule has 0 aliphatic rings. The molecule has 0 atom stereocenters. The van der Waals surface area contributed by atoms with E-state index in [1.54, 1.807) is 6.92 Å².